The summed E-state index contributed by atoms with van der Waals surface area (Å²) in [5, 5.41) is 0. The molecular formula is C12H17FN2. The molecule has 0 saturated carbocycles. The van der Waals surface area contributed by atoms with Crippen molar-refractivity contribution in [3.8, 4) is 0 Å². The van der Waals surface area contributed by atoms with Gasteiger partial charge in [0.2, 0.25) is 0 Å². The fraction of sp³-hybridized carbons (Fsp3) is 0.500. The number of benzene rings is 1. The van der Waals surface area contributed by atoms with Crippen LogP contribution in [0.2, 0.25) is 0 Å². The molecule has 0 amide bonds. The number of anilines is 2. The van der Waals surface area contributed by atoms with Gasteiger partial charge in [-0.05, 0) is 30.5 Å². The molecule has 0 radical (unpaired) electrons. The third-order valence-corrected chi connectivity index (χ3v) is 2.96. The van der Waals surface area contributed by atoms with E-state index in [0.717, 1.165) is 19.0 Å². The van der Waals surface area contributed by atoms with E-state index in [2.05, 4.69) is 11.8 Å². The maximum Gasteiger partial charge on any atom is 0.146 e. The van der Waals surface area contributed by atoms with Crippen molar-refractivity contribution in [2.45, 2.75) is 19.8 Å². The molecule has 1 fully saturated rings. The highest BCUT2D eigenvalue weighted by molar-refractivity contribution is 5.58. The molecule has 0 unspecified atom stereocenters. The molecule has 1 heterocycles. The number of hydrogen-bond acceptors (Lipinski definition) is 2. The van der Waals surface area contributed by atoms with Gasteiger partial charge in [0.05, 0.1) is 5.69 Å². The molecule has 0 aliphatic carbocycles. The van der Waals surface area contributed by atoms with Crippen molar-refractivity contribution in [2.75, 3.05) is 23.7 Å². The molecule has 2 N–H and O–H groups in total. The van der Waals surface area contributed by atoms with Crippen molar-refractivity contribution in [1.29, 1.82) is 0 Å². The van der Waals surface area contributed by atoms with Crippen molar-refractivity contribution in [3.05, 3.63) is 24.0 Å². The lowest BCUT2D eigenvalue weighted by Gasteiger charge is -2.41. The Morgan fingerprint density at radius 2 is 2.20 bits per heavy atom. The van der Waals surface area contributed by atoms with E-state index in [1.54, 1.807) is 12.1 Å². The van der Waals surface area contributed by atoms with E-state index in [0.29, 0.717) is 11.4 Å². The molecule has 1 saturated heterocycles. The zero-order valence-electron chi connectivity index (χ0n) is 9.04. The van der Waals surface area contributed by atoms with Crippen molar-refractivity contribution < 1.29 is 4.39 Å². The maximum absolute atomic E-state index is 13.5. The molecule has 1 aliphatic rings. The summed E-state index contributed by atoms with van der Waals surface area (Å²) in [7, 11) is 0. The summed E-state index contributed by atoms with van der Waals surface area (Å²) in [6, 6.07) is 4.76. The van der Waals surface area contributed by atoms with E-state index in [1.165, 1.54) is 18.9 Å². The Morgan fingerprint density at radius 1 is 1.47 bits per heavy atom. The minimum absolute atomic E-state index is 0.167. The molecule has 0 aromatic heterocycles. The predicted octanol–water partition coefficient (Wildman–Crippen LogP) is 2.64. The summed E-state index contributed by atoms with van der Waals surface area (Å²) in [6.45, 7) is 4.12. The number of nitrogens with zero attached hydrogens (tertiary/aromatic N) is 1. The summed E-state index contributed by atoms with van der Waals surface area (Å²) in [5.74, 6) is 0.565. The molecule has 1 aliphatic heterocycles. The molecule has 15 heavy (non-hydrogen) atoms. The number of nitrogens with two attached hydrogens (primary N) is 1. The van der Waals surface area contributed by atoms with Crippen molar-refractivity contribution in [1.82, 2.24) is 0 Å². The Hall–Kier alpha value is -1.25. The number of halogens is 1. The van der Waals surface area contributed by atoms with Gasteiger partial charge in [-0.15, -0.1) is 0 Å². The molecule has 3 heteroatoms. The van der Waals surface area contributed by atoms with Gasteiger partial charge < -0.3 is 10.6 Å². The lowest BCUT2D eigenvalue weighted by atomic mass is 9.94. The Labute approximate surface area is 89.9 Å². The van der Waals surface area contributed by atoms with Crippen molar-refractivity contribution in [3.63, 3.8) is 0 Å². The molecule has 1 aromatic carbocycles. The number of nitrogen functional groups attached to an aromatic ring is 1. The van der Waals surface area contributed by atoms with Crippen LogP contribution in [0, 0.1) is 11.7 Å². The van der Waals surface area contributed by atoms with Crippen LogP contribution in [0.5, 0.6) is 0 Å². The first-order valence-electron chi connectivity index (χ1n) is 5.50. The van der Waals surface area contributed by atoms with Gasteiger partial charge in [-0.2, -0.15) is 0 Å². The van der Waals surface area contributed by atoms with Gasteiger partial charge in [-0.3, -0.25) is 0 Å². The fourth-order valence-electron chi connectivity index (χ4n) is 2.13. The van der Waals surface area contributed by atoms with Crippen LogP contribution in [0.15, 0.2) is 18.2 Å². The second-order valence-electron chi connectivity index (χ2n) is 4.27. The van der Waals surface area contributed by atoms with Crippen LogP contribution in [0.25, 0.3) is 0 Å². The monoisotopic (exact) mass is 208 g/mol. The summed E-state index contributed by atoms with van der Waals surface area (Å²) in [4.78, 5) is 2.06. The summed E-state index contributed by atoms with van der Waals surface area (Å²) >= 11 is 0. The van der Waals surface area contributed by atoms with E-state index >= 15 is 0 Å². The van der Waals surface area contributed by atoms with Crippen LogP contribution < -0.4 is 10.6 Å². The fourth-order valence-corrected chi connectivity index (χ4v) is 2.13. The van der Waals surface area contributed by atoms with E-state index < -0.39 is 0 Å². The standard InChI is InChI=1S/C12H17FN2/c1-2-3-9-7-15(8-9)12-6-10(14)4-5-11(12)13/h4-6,9H,2-3,7-8,14H2,1H3. The summed E-state index contributed by atoms with van der Waals surface area (Å²) < 4.78 is 13.5. The number of rotatable bonds is 3. The topological polar surface area (TPSA) is 29.3 Å². The molecule has 0 spiro atoms. The number of hydrogen-bond donors (Lipinski definition) is 1. The Bertz CT molecular complexity index is 345. The van der Waals surface area contributed by atoms with E-state index in [9.17, 15) is 4.39 Å². The van der Waals surface area contributed by atoms with Crippen LogP contribution >= 0.6 is 0 Å². The highest BCUT2D eigenvalue weighted by atomic mass is 19.1. The third-order valence-electron chi connectivity index (χ3n) is 2.96. The SMILES string of the molecule is CCCC1CN(c2cc(N)ccc2F)C1. The smallest absolute Gasteiger partial charge is 0.146 e. The van der Waals surface area contributed by atoms with Crippen LogP contribution in [0.3, 0.4) is 0 Å². The summed E-state index contributed by atoms with van der Waals surface area (Å²) in [5.41, 5.74) is 6.93. The quantitative estimate of drug-likeness (QED) is 0.774. The van der Waals surface area contributed by atoms with Crippen LogP contribution in [-0.4, -0.2) is 13.1 Å². The molecule has 1 aromatic rings. The molecule has 2 rings (SSSR count). The van der Waals surface area contributed by atoms with Crippen LogP contribution in [0.1, 0.15) is 19.8 Å². The summed E-state index contributed by atoms with van der Waals surface area (Å²) in [6.07, 6.45) is 2.44. The van der Waals surface area contributed by atoms with E-state index in [-0.39, 0.29) is 5.82 Å². The van der Waals surface area contributed by atoms with Gasteiger partial charge in [0.25, 0.3) is 0 Å². The molecule has 2 nitrogen and oxygen atoms in total. The molecular weight excluding hydrogens is 191 g/mol. The van der Waals surface area contributed by atoms with Crippen LogP contribution in [0.4, 0.5) is 15.8 Å². The maximum atomic E-state index is 13.5. The third kappa shape index (κ3) is 2.06. The first kappa shape index (κ1) is 10.3. The molecule has 0 atom stereocenters. The highest BCUT2D eigenvalue weighted by Gasteiger charge is 2.27. The average Bonchev–Trinajstić information content (AvgIpc) is 2.15. The first-order valence-corrected chi connectivity index (χ1v) is 5.50. The Kier molecular flexibility index (Phi) is 2.80. The average molecular weight is 208 g/mol. The van der Waals surface area contributed by atoms with Gasteiger partial charge in [0.1, 0.15) is 5.82 Å². The van der Waals surface area contributed by atoms with Crippen molar-refractivity contribution >= 4 is 11.4 Å². The van der Waals surface area contributed by atoms with Gasteiger partial charge in [-0.25, -0.2) is 4.39 Å². The Morgan fingerprint density at radius 3 is 2.87 bits per heavy atom. The lowest BCUT2D eigenvalue weighted by Crippen LogP contribution is -2.47. The highest BCUT2D eigenvalue weighted by Crippen LogP contribution is 2.30. The zero-order chi connectivity index (χ0) is 10.8. The molecule has 82 valence electrons. The Balaban J connectivity index is 2.03. The van der Waals surface area contributed by atoms with Crippen molar-refractivity contribution in [2.24, 2.45) is 5.92 Å². The van der Waals surface area contributed by atoms with Gasteiger partial charge in [-0.1, -0.05) is 13.3 Å². The second-order valence-corrected chi connectivity index (χ2v) is 4.27. The van der Waals surface area contributed by atoms with Crippen LogP contribution in [-0.2, 0) is 0 Å². The first-order chi connectivity index (χ1) is 7.20. The lowest BCUT2D eigenvalue weighted by molar-refractivity contribution is 0.376. The zero-order valence-corrected chi connectivity index (χ0v) is 9.04. The minimum Gasteiger partial charge on any atom is -0.399 e. The van der Waals surface area contributed by atoms with Gasteiger partial charge in [0, 0.05) is 18.8 Å². The molecule has 0 bridgehead atoms. The van der Waals surface area contributed by atoms with E-state index in [4.69, 9.17) is 5.73 Å². The normalized spacial score (nSPS) is 16.5. The van der Waals surface area contributed by atoms with Gasteiger partial charge >= 0.3 is 0 Å². The minimum atomic E-state index is -0.167. The largest absolute Gasteiger partial charge is 0.399 e. The van der Waals surface area contributed by atoms with Gasteiger partial charge in [0.15, 0.2) is 0 Å². The predicted molar refractivity (Wildman–Crippen MR) is 61.4 cm³/mol. The van der Waals surface area contributed by atoms with E-state index in [1.807, 2.05) is 0 Å². The second kappa shape index (κ2) is 4.09.